The molecule has 1 heterocycles. The topological polar surface area (TPSA) is 55.8 Å². The summed E-state index contributed by atoms with van der Waals surface area (Å²) in [6.07, 6.45) is -4.43. The lowest BCUT2D eigenvalue weighted by Crippen LogP contribution is -2.49. The Hall–Kier alpha value is -1.64. The maximum Gasteiger partial charge on any atom is 0.416 e. The Kier molecular flexibility index (Phi) is 5.97. The summed E-state index contributed by atoms with van der Waals surface area (Å²) in [4.78, 5) is 16.0. The standard InChI is InChI=1S/C15H20F3N3O2/c16-15(17,18)12-2-1-3-13(10-12)19-14(23)11-21-6-4-20(5-7-21)8-9-22/h1-3,10,22H,4-9,11H2,(H,19,23). The summed E-state index contributed by atoms with van der Waals surface area (Å²) in [5.41, 5.74) is -0.642. The van der Waals surface area contributed by atoms with Crippen LogP contribution in [-0.4, -0.2) is 66.7 Å². The van der Waals surface area contributed by atoms with Crippen molar-refractivity contribution in [1.29, 1.82) is 0 Å². The number of benzene rings is 1. The maximum atomic E-state index is 12.6. The van der Waals surface area contributed by atoms with Gasteiger partial charge < -0.3 is 10.4 Å². The van der Waals surface area contributed by atoms with Gasteiger partial charge in [0.1, 0.15) is 0 Å². The summed E-state index contributed by atoms with van der Waals surface area (Å²) >= 11 is 0. The van der Waals surface area contributed by atoms with Crippen molar-refractivity contribution < 1.29 is 23.1 Å². The Morgan fingerprint density at radius 2 is 1.83 bits per heavy atom. The highest BCUT2D eigenvalue weighted by Crippen LogP contribution is 2.30. The SMILES string of the molecule is O=C(CN1CCN(CCO)CC1)Nc1cccc(C(F)(F)F)c1. The predicted molar refractivity (Wildman–Crippen MR) is 80.0 cm³/mol. The van der Waals surface area contributed by atoms with E-state index in [4.69, 9.17) is 5.11 Å². The van der Waals surface area contributed by atoms with Gasteiger partial charge in [0.2, 0.25) is 5.91 Å². The van der Waals surface area contributed by atoms with Crippen LogP contribution in [0.2, 0.25) is 0 Å². The minimum Gasteiger partial charge on any atom is -0.395 e. The number of β-amino-alcohol motifs (C(OH)–C–C–N with tert-alkyl or cyclic N) is 1. The maximum absolute atomic E-state index is 12.6. The lowest BCUT2D eigenvalue weighted by molar-refractivity contribution is -0.137. The molecule has 0 atom stereocenters. The zero-order valence-electron chi connectivity index (χ0n) is 12.6. The van der Waals surface area contributed by atoms with Crippen LogP contribution in [0.3, 0.4) is 0 Å². The fourth-order valence-corrected chi connectivity index (χ4v) is 2.49. The van der Waals surface area contributed by atoms with Crippen molar-refractivity contribution in [3.05, 3.63) is 29.8 Å². The van der Waals surface area contributed by atoms with Crippen LogP contribution in [0.25, 0.3) is 0 Å². The summed E-state index contributed by atoms with van der Waals surface area (Å²) in [7, 11) is 0. The molecule has 2 rings (SSSR count). The molecule has 5 nitrogen and oxygen atoms in total. The predicted octanol–water partition coefficient (Wildman–Crippen LogP) is 1.25. The van der Waals surface area contributed by atoms with E-state index in [1.54, 1.807) is 0 Å². The van der Waals surface area contributed by atoms with Gasteiger partial charge in [-0.25, -0.2) is 0 Å². The number of hydrogen-bond acceptors (Lipinski definition) is 4. The number of aliphatic hydroxyl groups is 1. The van der Waals surface area contributed by atoms with Gasteiger partial charge in [-0.05, 0) is 18.2 Å². The van der Waals surface area contributed by atoms with Crippen molar-refractivity contribution in [3.8, 4) is 0 Å². The summed E-state index contributed by atoms with van der Waals surface area (Å²) in [5.74, 6) is -0.333. The third-order valence-electron chi connectivity index (χ3n) is 3.72. The summed E-state index contributed by atoms with van der Waals surface area (Å²) in [6.45, 7) is 3.77. The van der Waals surface area contributed by atoms with E-state index < -0.39 is 11.7 Å². The van der Waals surface area contributed by atoms with Gasteiger partial charge in [0, 0.05) is 38.4 Å². The van der Waals surface area contributed by atoms with E-state index in [9.17, 15) is 18.0 Å². The van der Waals surface area contributed by atoms with E-state index in [2.05, 4.69) is 10.2 Å². The summed E-state index contributed by atoms with van der Waals surface area (Å²) in [5, 5.41) is 11.4. The molecule has 1 saturated heterocycles. The normalized spacial score (nSPS) is 17.2. The van der Waals surface area contributed by atoms with E-state index >= 15 is 0 Å². The van der Waals surface area contributed by atoms with Crippen LogP contribution < -0.4 is 5.32 Å². The van der Waals surface area contributed by atoms with Gasteiger partial charge in [0.05, 0.1) is 18.7 Å². The minimum atomic E-state index is -4.43. The molecule has 2 N–H and O–H groups in total. The van der Waals surface area contributed by atoms with Crippen molar-refractivity contribution in [2.24, 2.45) is 0 Å². The van der Waals surface area contributed by atoms with Crippen LogP contribution in [0.1, 0.15) is 5.56 Å². The second-order valence-corrected chi connectivity index (χ2v) is 5.47. The number of nitrogens with one attached hydrogen (secondary N) is 1. The van der Waals surface area contributed by atoms with E-state index in [1.807, 2.05) is 4.90 Å². The number of piperazine rings is 1. The van der Waals surface area contributed by atoms with Gasteiger partial charge in [-0.2, -0.15) is 13.2 Å². The molecule has 1 aromatic rings. The van der Waals surface area contributed by atoms with Crippen LogP contribution in [0.5, 0.6) is 0 Å². The number of halogens is 3. The molecule has 0 aliphatic carbocycles. The number of rotatable bonds is 5. The zero-order chi connectivity index (χ0) is 16.9. The number of anilines is 1. The van der Waals surface area contributed by atoms with Crippen LogP contribution in [-0.2, 0) is 11.0 Å². The number of aliphatic hydroxyl groups excluding tert-OH is 1. The van der Waals surface area contributed by atoms with Gasteiger partial charge in [0.25, 0.3) is 0 Å². The molecule has 0 spiro atoms. The molecule has 1 amide bonds. The third-order valence-corrected chi connectivity index (χ3v) is 3.72. The molecule has 0 bridgehead atoms. The number of amides is 1. The summed E-state index contributed by atoms with van der Waals surface area (Å²) < 4.78 is 37.9. The fourth-order valence-electron chi connectivity index (χ4n) is 2.49. The molecule has 0 unspecified atom stereocenters. The molecule has 128 valence electrons. The second kappa shape index (κ2) is 7.76. The highest BCUT2D eigenvalue weighted by Gasteiger charge is 2.30. The molecule has 1 aromatic carbocycles. The second-order valence-electron chi connectivity index (χ2n) is 5.47. The fraction of sp³-hybridized carbons (Fsp3) is 0.533. The number of hydrogen-bond donors (Lipinski definition) is 2. The van der Waals surface area contributed by atoms with Gasteiger partial charge >= 0.3 is 6.18 Å². The smallest absolute Gasteiger partial charge is 0.395 e. The highest BCUT2D eigenvalue weighted by molar-refractivity contribution is 5.92. The first-order valence-electron chi connectivity index (χ1n) is 7.41. The monoisotopic (exact) mass is 331 g/mol. The van der Waals surface area contributed by atoms with Crippen LogP contribution in [0, 0.1) is 0 Å². The molecule has 1 aliphatic rings. The van der Waals surface area contributed by atoms with E-state index in [0.717, 1.165) is 25.2 Å². The first-order valence-corrected chi connectivity index (χ1v) is 7.41. The Morgan fingerprint density at radius 3 is 2.43 bits per heavy atom. The zero-order valence-corrected chi connectivity index (χ0v) is 12.6. The quantitative estimate of drug-likeness (QED) is 0.853. The molecule has 0 radical (unpaired) electrons. The third kappa shape index (κ3) is 5.49. The molecule has 1 aliphatic heterocycles. The average molecular weight is 331 g/mol. The molecule has 0 saturated carbocycles. The largest absolute Gasteiger partial charge is 0.416 e. The van der Waals surface area contributed by atoms with Crippen LogP contribution in [0.4, 0.5) is 18.9 Å². The number of carbonyl (C=O) groups excluding carboxylic acids is 1. The van der Waals surface area contributed by atoms with Crippen molar-refractivity contribution in [2.45, 2.75) is 6.18 Å². The van der Waals surface area contributed by atoms with Gasteiger partial charge in [-0.1, -0.05) is 6.07 Å². The van der Waals surface area contributed by atoms with E-state index in [0.29, 0.717) is 19.6 Å². The Morgan fingerprint density at radius 1 is 1.17 bits per heavy atom. The molecule has 23 heavy (non-hydrogen) atoms. The van der Waals surface area contributed by atoms with Crippen molar-refractivity contribution in [3.63, 3.8) is 0 Å². The van der Waals surface area contributed by atoms with E-state index in [1.165, 1.54) is 12.1 Å². The lowest BCUT2D eigenvalue weighted by atomic mass is 10.2. The first kappa shape index (κ1) is 17.7. The summed E-state index contributed by atoms with van der Waals surface area (Å²) in [6, 6.07) is 4.60. The van der Waals surface area contributed by atoms with Crippen LogP contribution >= 0.6 is 0 Å². The number of nitrogens with zero attached hydrogens (tertiary/aromatic N) is 2. The lowest BCUT2D eigenvalue weighted by Gasteiger charge is -2.33. The van der Waals surface area contributed by atoms with Crippen LogP contribution in [0.15, 0.2) is 24.3 Å². The number of carbonyl (C=O) groups is 1. The van der Waals surface area contributed by atoms with Gasteiger partial charge in [-0.15, -0.1) is 0 Å². The average Bonchev–Trinajstić information content (AvgIpc) is 2.49. The minimum absolute atomic E-state index is 0.107. The van der Waals surface area contributed by atoms with E-state index in [-0.39, 0.29) is 24.7 Å². The Bertz CT molecular complexity index is 529. The number of alkyl halides is 3. The highest BCUT2D eigenvalue weighted by atomic mass is 19.4. The Balaban J connectivity index is 1.84. The molecule has 1 fully saturated rings. The van der Waals surface area contributed by atoms with Crippen molar-refractivity contribution >= 4 is 11.6 Å². The molecular weight excluding hydrogens is 311 g/mol. The van der Waals surface area contributed by atoms with Crippen molar-refractivity contribution in [2.75, 3.05) is 51.2 Å². The van der Waals surface area contributed by atoms with Gasteiger partial charge in [0.15, 0.2) is 0 Å². The van der Waals surface area contributed by atoms with Gasteiger partial charge in [-0.3, -0.25) is 14.6 Å². The Labute approximate surface area is 132 Å². The molecular formula is C15H20F3N3O2. The first-order chi connectivity index (χ1) is 10.9. The van der Waals surface area contributed by atoms with Crippen molar-refractivity contribution in [1.82, 2.24) is 9.80 Å². The molecule has 8 heteroatoms. The molecule has 0 aromatic heterocycles.